The number of H-pyrrole nitrogens is 2. The molecule has 2 heterocycles. The van der Waals surface area contributed by atoms with Crippen molar-refractivity contribution < 1.29 is 27.7 Å². The summed E-state index contributed by atoms with van der Waals surface area (Å²) in [5, 5.41) is 14.0. The van der Waals surface area contributed by atoms with Crippen LogP contribution in [0.15, 0.2) is 101 Å². The molecule has 0 aliphatic carbocycles. The van der Waals surface area contributed by atoms with Gasteiger partial charge in [0.1, 0.15) is 24.0 Å². The van der Waals surface area contributed by atoms with Crippen molar-refractivity contribution in [3.8, 4) is 17.2 Å². The largest absolute Gasteiger partial charge is 0.493 e. The van der Waals surface area contributed by atoms with Gasteiger partial charge in [-0.25, -0.2) is 13.2 Å². The van der Waals surface area contributed by atoms with Crippen LogP contribution < -0.4 is 34.4 Å². The summed E-state index contributed by atoms with van der Waals surface area (Å²) >= 11 is 0. The summed E-state index contributed by atoms with van der Waals surface area (Å²) in [5.74, 6) is 1.46. The van der Waals surface area contributed by atoms with E-state index >= 15 is 0 Å². The number of sulfonamides is 1. The summed E-state index contributed by atoms with van der Waals surface area (Å²) in [4.78, 5) is 19.5. The first-order valence-electron chi connectivity index (χ1n) is 16.1. The molecule has 12 nitrogen and oxygen atoms in total. The van der Waals surface area contributed by atoms with Crippen molar-refractivity contribution in [1.82, 2.24) is 15.3 Å². The van der Waals surface area contributed by atoms with Gasteiger partial charge in [-0.3, -0.25) is 4.31 Å². The Morgan fingerprint density at radius 3 is 2.35 bits per heavy atom. The first kappa shape index (κ1) is 33.9. The number of para-hydroxylation sites is 1. The molecule has 0 unspecified atom stereocenters. The van der Waals surface area contributed by atoms with E-state index in [1.165, 1.54) is 18.5 Å². The minimum atomic E-state index is -3.94. The Bertz CT molecular complexity index is 2010. The third kappa shape index (κ3) is 7.85. The predicted molar refractivity (Wildman–Crippen MR) is 189 cm³/mol. The zero-order chi connectivity index (χ0) is 34.4. The van der Waals surface area contributed by atoms with Gasteiger partial charge in [0.2, 0.25) is 0 Å². The number of rotatable bonds is 14. The lowest BCUT2D eigenvalue weighted by atomic mass is 10.0. The lowest BCUT2D eigenvalue weighted by molar-refractivity contribution is 0.103. The van der Waals surface area contributed by atoms with Crippen LogP contribution in [-0.2, 0) is 16.6 Å². The van der Waals surface area contributed by atoms with Gasteiger partial charge >= 0.3 is 5.69 Å². The van der Waals surface area contributed by atoms with Crippen molar-refractivity contribution in [2.75, 3.05) is 49.7 Å². The smallest absolute Gasteiger partial charge is 0.323 e. The van der Waals surface area contributed by atoms with E-state index in [0.717, 1.165) is 37.2 Å². The van der Waals surface area contributed by atoms with Gasteiger partial charge in [0.25, 0.3) is 10.0 Å². The Labute approximate surface area is 285 Å². The molecule has 0 saturated carbocycles. The number of anilines is 2. The van der Waals surface area contributed by atoms with Crippen LogP contribution in [0.4, 0.5) is 11.4 Å². The van der Waals surface area contributed by atoms with E-state index in [2.05, 4.69) is 20.2 Å². The minimum Gasteiger partial charge on any atom is -0.493 e. The number of nitrogens with zero attached hydrogens (tertiary/aromatic N) is 2. The van der Waals surface area contributed by atoms with E-state index in [1.54, 1.807) is 48.5 Å². The van der Waals surface area contributed by atoms with Gasteiger partial charge in [-0.15, -0.1) is 0 Å². The zero-order valence-electron chi connectivity index (χ0n) is 27.5. The van der Waals surface area contributed by atoms with Gasteiger partial charge < -0.3 is 39.5 Å². The highest BCUT2D eigenvalue weighted by atomic mass is 32.2. The van der Waals surface area contributed by atoms with Crippen LogP contribution >= 0.6 is 0 Å². The van der Waals surface area contributed by atoms with Crippen LogP contribution in [0.3, 0.4) is 0 Å². The number of ether oxygens (including phenoxy) is 3. The van der Waals surface area contributed by atoms with Crippen LogP contribution in [0.2, 0.25) is 0 Å². The fourth-order valence-corrected chi connectivity index (χ4v) is 7.49. The van der Waals surface area contributed by atoms with E-state index < -0.39 is 16.1 Å². The Balaban J connectivity index is 1.06. The summed E-state index contributed by atoms with van der Waals surface area (Å²) in [7, 11) is -0.884. The lowest BCUT2D eigenvalue weighted by Crippen LogP contribution is -2.45. The van der Waals surface area contributed by atoms with Crippen molar-refractivity contribution in [2.45, 2.75) is 36.4 Å². The number of fused-ring (bicyclic) bond motifs is 1. The highest BCUT2D eigenvalue weighted by Gasteiger charge is 2.27. The average Bonchev–Trinajstić information content (AvgIpc) is 3.53. The molecular weight excluding hydrogens is 646 g/mol. The van der Waals surface area contributed by atoms with Gasteiger partial charge in [-0.1, -0.05) is 36.4 Å². The molecule has 0 amide bonds. The molecule has 49 heavy (non-hydrogen) atoms. The molecule has 1 saturated heterocycles. The molecule has 1 aliphatic heterocycles. The van der Waals surface area contributed by atoms with Gasteiger partial charge in [0, 0.05) is 37.4 Å². The molecular formula is C36H41N5O7S. The first-order chi connectivity index (χ1) is 23.7. The monoisotopic (exact) mass is 687 g/mol. The van der Waals surface area contributed by atoms with Crippen molar-refractivity contribution >= 4 is 32.4 Å². The topological polar surface area (TPSA) is 149 Å². The highest BCUT2D eigenvalue weighted by molar-refractivity contribution is 7.92. The van der Waals surface area contributed by atoms with Crippen molar-refractivity contribution in [3.05, 3.63) is 107 Å². The standard InChI is InChI=1S/C36H41N5O7S/c1-46-32-16-13-28(21-34(32)47-2)41(23-25-7-4-3-5-8-25)49(44,45)30-14-11-27(12-15-30)40-19-17-26(18-20-40)37-22-29(42)24-48-33-10-6-9-31-35(33)39-36(43)38-31/h3-16,21,26,29,37,42H,17-20,22-24H2,1-2H3,(H2,38,39,43)/t29-/m0/s1. The molecule has 1 aromatic heterocycles. The molecule has 0 bridgehead atoms. The van der Waals surface area contributed by atoms with E-state index in [9.17, 15) is 18.3 Å². The second kappa shape index (κ2) is 15.1. The third-order valence-corrected chi connectivity index (χ3v) is 10.5. The number of imidazole rings is 1. The molecule has 6 rings (SSSR count). The van der Waals surface area contributed by atoms with Gasteiger partial charge in [0.15, 0.2) is 11.5 Å². The maximum Gasteiger partial charge on any atom is 0.323 e. The number of nitrogens with one attached hydrogen (secondary N) is 3. The molecule has 4 aromatic carbocycles. The molecule has 5 aromatic rings. The second-order valence-electron chi connectivity index (χ2n) is 11.9. The Morgan fingerprint density at radius 1 is 0.898 bits per heavy atom. The molecule has 1 atom stereocenters. The van der Waals surface area contributed by atoms with E-state index in [0.29, 0.717) is 40.5 Å². The van der Waals surface area contributed by atoms with Crippen LogP contribution in [0.1, 0.15) is 18.4 Å². The van der Waals surface area contributed by atoms with Crippen LogP contribution in [0.25, 0.3) is 11.0 Å². The van der Waals surface area contributed by atoms with Gasteiger partial charge in [0.05, 0.1) is 36.9 Å². The number of aliphatic hydroxyl groups is 1. The fraction of sp³-hybridized carbons (Fsp3) is 0.306. The fourth-order valence-electron chi connectivity index (χ4n) is 6.04. The van der Waals surface area contributed by atoms with Crippen molar-refractivity contribution in [1.29, 1.82) is 0 Å². The SMILES string of the molecule is COc1ccc(N(Cc2ccccc2)S(=O)(=O)c2ccc(N3CCC(NC[C@H](O)COc4cccc5[nH]c(=O)[nH]c45)CC3)cc2)cc1OC. The number of hydrogen-bond acceptors (Lipinski definition) is 9. The van der Waals surface area contributed by atoms with Crippen LogP contribution in [0.5, 0.6) is 17.2 Å². The van der Waals surface area contributed by atoms with Crippen LogP contribution in [0, 0.1) is 0 Å². The quantitative estimate of drug-likeness (QED) is 0.134. The molecule has 0 radical (unpaired) electrons. The molecule has 0 spiro atoms. The Hall–Kier alpha value is -4.98. The highest BCUT2D eigenvalue weighted by Crippen LogP contribution is 2.35. The van der Waals surface area contributed by atoms with Gasteiger partial charge in [-0.2, -0.15) is 0 Å². The average molecular weight is 688 g/mol. The maximum atomic E-state index is 14.1. The predicted octanol–water partition coefficient (Wildman–Crippen LogP) is 4.27. The summed E-state index contributed by atoms with van der Waals surface area (Å²) < 4.78 is 46.3. The molecule has 13 heteroatoms. The second-order valence-corrected chi connectivity index (χ2v) is 13.8. The number of piperidine rings is 1. The Kier molecular flexibility index (Phi) is 10.4. The van der Waals surface area contributed by atoms with Crippen molar-refractivity contribution in [3.63, 3.8) is 0 Å². The number of benzene rings is 4. The third-order valence-electron chi connectivity index (χ3n) is 8.70. The summed E-state index contributed by atoms with van der Waals surface area (Å²) in [5.41, 5.74) is 3.18. The van der Waals surface area contributed by atoms with E-state index in [1.807, 2.05) is 42.5 Å². The molecule has 1 fully saturated rings. The number of hydrogen-bond donors (Lipinski definition) is 4. The number of aromatic amines is 2. The maximum absolute atomic E-state index is 14.1. The molecule has 1 aliphatic rings. The van der Waals surface area contributed by atoms with E-state index in [4.69, 9.17) is 14.2 Å². The first-order valence-corrected chi connectivity index (χ1v) is 17.6. The normalized spacial score (nSPS) is 14.5. The zero-order valence-corrected chi connectivity index (χ0v) is 28.3. The minimum absolute atomic E-state index is 0.0855. The number of aliphatic hydroxyl groups excluding tert-OH is 1. The number of aromatic nitrogens is 2. The molecule has 4 N–H and O–H groups in total. The van der Waals surface area contributed by atoms with Crippen LogP contribution in [-0.4, -0.2) is 76.1 Å². The van der Waals surface area contributed by atoms with E-state index in [-0.39, 0.29) is 29.8 Å². The Morgan fingerprint density at radius 2 is 1.63 bits per heavy atom. The summed E-state index contributed by atoms with van der Waals surface area (Å²) in [6.07, 6.45) is 0.998. The molecule has 258 valence electrons. The lowest BCUT2D eigenvalue weighted by Gasteiger charge is -2.34. The summed E-state index contributed by atoms with van der Waals surface area (Å²) in [6, 6.07) is 27.1. The van der Waals surface area contributed by atoms with Gasteiger partial charge in [-0.05, 0) is 66.9 Å². The number of methoxy groups -OCH3 is 2. The summed E-state index contributed by atoms with van der Waals surface area (Å²) in [6.45, 7) is 2.17. The van der Waals surface area contributed by atoms with Crippen molar-refractivity contribution in [2.24, 2.45) is 0 Å².